The molecule has 6 aliphatic rings. The summed E-state index contributed by atoms with van der Waals surface area (Å²) in [6.45, 7) is 21.8. The molecule has 5 aliphatic heterocycles. The van der Waals surface area contributed by atoms with Crippen molar-refractivity contribution in [3.8, 4) is 11.5 Å². The molecule has 1 N–H and O–H groups in total. The van der Waals surface area contributed by atoms with Crippen LogP contribution in [0.15, 0.2) is 66.9 Å². The van der Waals surface area contributed by atoms with Gasteiger partial charge in [-0.05, 0) is 143 Å². The van der Waals surface area contributed by atoms with Crippen LogP contribution >= 0.6 is 23.2 Å². The highest BCUT2D eigenvalue weighted by atomic mass is 35.5. The molecule has 73 heavy (non-hydrogen) atoms. The van der Waals surface area contributed by atoms with Crippen molar-refractivity contribution in [2.24, 2.45) is 23.2 Å². The SMILES string of the molecule is [C-]#[N+]c1cc(C(C)(C)c2ccc(OCc3ccnc(N4CCC5(CC4)CCN(C4CCN(CC6CCN(c7cccc8c7C(=O)C(C7CCC(=O)NC7=O)C8=O)CC6)CC4)CC5)n3)cc2)cc(Cl)c1OCCCl. The van der Waals surface area contributed by atoms with Gasteiger partial charge in [-0.25, -0.2) is 14.8 Å². The van der Waals surface area contributed by atoms with Gasteiger partial charge < -0.3 is 29.1 Å². The molecule has 0 radical (unpaired) electrons. The number of carbonyl (C=O) groups excluding carboxylic acids is 4. The molecule has 4 aromatic rings. The zero-order valence-corrected chi connectivity index (χ0v) is 43.6. The molecular formula is C57H66Cl2N8O6. The van der Waals surface area contributed by atoms with E-state index in [1.165, 1.54) is 38.8 Å². The zero-order valence-electron chi connectivity index (χ0n) is 42.1. The van der Waals surface area contributed by atoms with Crippen molar-refractivity contribution >= 4 is 63.9 Å². The molecule has 1 aromatic heterocycles. The minimum Gasteiger partial charge on any atom is -0.502 e. The molecule has 0 bridgehead atoms. The number of likely N-dealkylation sites (tertiary alicyclic amines) is 2. The van der Waals surface area contributed by atoms with Gasteiger partial charge in [0.1, 0.15) is 18.1 Å². The molecule has 1 aliphatic carbocycles. The molecular weight excluding hydrogens is 964 g/mol. The van der Waals surface area contributed by atoms with Gasteiger partial charge >= 0.3 is 0 Å². The third kappa shape index (κ3) is 10.7. The number of carbonyl (C=O) groups is 4. The monoisotopic (exact) mass is 1030 g/mol. The van der Waals surface area contributed by atoms with Crippen LogP contribution in [0.1, 0.15) is 116 Å². The average molecular weight is 1030 g/mol. The molecule has 2 amide bonds. The first-order chi connectivity index (χ1) is 35.3. The van der Waals surface area contributed by atoms with Crippen molar-refractivity contribution in [3.05, 3.63) is 111 Å². The van der Waals surface area contributed by atoms with Crippen LogP contribution < -0.4 is 24.6 Å². The third-order valence-electron chi connectivity index (χ3n) is 17.2. The van der Waals surface area contributed by atoms with E-state index in [2.05, 4.69) is 60.7 Å². The van der Waals surface area contributed by atoms with Crippen molar-refractivity contribution in [2.75, 3.05) is 81.2 Å². The number of aromatic nitrogens is 2. The summed E-state index contributed by atoms with van der Waals surface area (Å²) in [5.74, 6) is -0.501. The molecule has 1 spiro atoms. The Bertz CT molecular complexity index is 2750. The lowest BCUT2D eigenvalue weighted by atomic mass is 9.71. The number of piperidine rings is 5. The molecule has 5 saturated heterocycles. The van der Waals surface area contributed by atoms with Crippen molar-refractivity contribution in [1.82, 2.24) is 25.1 Å². The number of halogens is 2. The Morgan fingerprint density at radius 1 is 0.822 bits per heavy atom. The predicted molar refractivity (Wildman–Crippen MR) is 282 cm³/mol. The second-order valence-corrected chi connectivity index (χ2v) is 22.5. The van der Waals surface area contributed by atoms with Gasteiger partial charge in [-0.15, -0.1) is 11.6 Å². The second kappa shape index (κ2) is 21.7. The van der Waals surface area contributed by atoms with E-state index in [4.69, 9.17) is 44.2 Å². The van der Waals surface area contributed by atoms with Crippen molar-refractivity contribution in [1.29, 1.82) is 0 Å². The van der Waals surface area contributed by atoms with Gasteiger partial charge in [0.2, 0.25) is 23.5 Å². The molecule has 3 aromatic carbocycles. The molecule has 2 atom stereocenters. The number of Topliss-reactive ketones (excluding diaryl/α,β-unsaturated/α-hetero) is 2. The van der Waals surface area contributed by atoms with Crippen LogP contribution in [0.3, 0.4) is 0 Å². The Morgan fingerprint density at radius 2 is 1.55 bits per heavy atom. The number of rotatable bonds is 14. The number of anilines is 2. The van der Waals surface area contributed by atoms with Crippen molar-refractivity contribution < 1.29 is 28.7 Å². The van der Waals surface area contributed by atoms with Gasteiger partial charge in [0.05, 0.1) is 47.2 Å². The molecule has 14 nitrogen and oxygen atoms in total. The maximum absolute atomic E-state index is 13.8. The average Bonchev–Trinajstić information content (AvgIpc) is 3.66. The first kappa shape index (κ1) is 50.9. The maximum atomic E-state index is 13.8. The summed E-state index contributed by atoms with van der Waals surface area (Å²) >= 11 is 12.4. The first-order valence-electron chi connectivity index (χ1n) is 26.3. The van der Waals surface area contributed by atoms with Gasteiger partial charge in [-0.3, -0.25) is 24.5 Å². The highest BCUT2D eigenvalue weighted by molar-refractivity contribution is 6.32. The van der Waals surface area contributed by atoms with Crippen LogP contribution in [0.25, 0.3) is 4.85 Å². The number of ether oxygens (including phenoxy) is 2. The fraction of sp³-hybridized carbons (Fsp3) is 0.526. The second-order valence-electron chi connectivity index (χ2n) is 21.7. The van der Waals surface area contributed by atoms with E-state index in [1.54, 1.807) is 6.07 Å². The Balaban J connectivity index is 0.644. The number of hydrogen-bond acceptors (Lipinski definition) is 12. The summed E-state index contributed by atoms with van der Waals surface area (Å²) < 4.78 is 11.9. The summed E-state index contributed by atoms with van der Waals surface area (Å²) in [4.78, 5) is 75.1. The van der Waals surface area contributed by atoms with Crippen LogP contribution in [0.4, 0.5) is 17.3 Å². The summed E-state index contributed by atoms with van der Waals surface area (Å²) in [6, 6.07) is 19.8. The number of ketones is 2. The number of amides is 2. The van der Waals surface area contributed by atoms with E-state index in [9.17, 15) is 19.2 Å². The summed E-state index contributed by atoms with van der Waals surface area (Å²) in [5, 5.41) is 2.72. The standard InChI is InChI=1S/C57H66Cl2N8O6/c1-56(2,39-33-45(59)53(72-32-22-58)46(34-39)60-3)38-7-9-42(10-8-38)73-36-40-13-23-61-55(62-40)67-30-20-57(21-31-67)18-28-65(29-19-57)41-16-24-64(25-17-41)35-37-14-26-66(27-15-37)47-6-4-5-43-49(47)52(70)50(51(43)69)44-11-12-48(68)63-54(44)71/h4-10,13,23,33-34,37,41,44,50H,11-12,14-22,24-32,35-36H2,1-2H3,(H,63,68,71). The van der Waals surface area contributed by atoms with Gasteiger partial charge in [-0.1, -0.05) is 49.7 Å². The number of alkyl halides is 1. The zero-order chi connectivity index (χ0) is 50.9. The van der Waals surface area contributed by atoms with Crippen LogP contribution in [0.5, 0.6) is 11.5 Å². The largest absolute Gasteiger partial charge is 0.502 e. The van der Waals surface area contributed by atoms with E-state index in [0.717, 1.165) is 106 Å². The summed E-state index contributed by atoms with van der Waals surface area (Å²) in [5.41, 5.74) is 4.80. The summed E-state index contributed by atoms with van der Waals surface area (Å²) in [7, 11) is 0. The molecule has 5 fully saturated rings. The Kier molecular flexibility index (Phi) is 15.1. The van der Waals surface area contributed by atoms with E-state index in [0.29, 0.717) is 57.4 Å². The van der Waals surface area contributed by atoms with E-state index >= 15 is 0 Å². The van der Waals surface area contributed by atoms with E-state index in [1.807, 2.05) is 48.7 Å². The minimum atomic E-state index is -1.05. The fourth-order valence-corrected chi connectivity index (χ4v) is 12.9. The number of hydrogen-bond donors (Lipinski definition) is 1. The smallest absolute Gasteiger partial charge is 0.230 e. The van der Waals surface area contributed by atoms with Gasteiger partial charge in [-0.2, -0.15) is 0 Å². The molecule has 10 rings (SSSR count). The lowest BCUT2D eigenvalue weighted by Crippen LogP contribution is -2.52. The lowest BCUT2D eigenvalue weighted by Gasteiger charge is -2.49. The highest BCUT2D eigenvalue weighted by Crippen LogP contribution is 2.45. The molecule has 0 saturated carbocycles. The Morgan fingerprint density at radius 3 is 2.25 bits per heavy atom. The van der Waals surface area contributed by atoms with Crippen LogP contribution in [-0.2, 0) is 21.6 Å². The van der Waals surface area contributed by atoms with Crippen LogP contribution in [-0.4, -0.2) is 121 Å². The molecule has 384 valence electrons. The minimum absolute atomic E-state index is 0.144. The maximum Gasteiger partial charge on any atom is 0.230 e. The first-order valence-corrected chi connectivity index (χ1v) is 27.2. The number of benzene rings is 3. The van der Waals surface area contributed by atoms with Crippen molar-refractivity contribution in [3.63, 3.8) is 0 Å². The summed E-state index contributed by atoms with van der Waals surface area (Å²) in [6.07, 6.45) is 11.5. The quantitative estimate of drug-likeness (QED) is 0.0557. The topological polar surface area (TPSA) is 142 Å². The van der Waals surface area contributed by atoms with Crippen LogP contribution in [0.2, 0.25) is 5.02 Å². The van der Waals surface area contributed by atoms with Crippen LogP contribution in [0, 0.1) is 29.7 Å². The lowest BCUT2D eigenvalue weighted by molar-refractivity contribution is -0.137. The van der Waals surface area contributed by atoms with Gasteiger partial charge in [0.25, 0.3) is 0 Å². The van der Waals surface area contributed by atoms with E-state index < -0.39 is 23.2 Å². The van der Waals surface area contributed by atoms with Crippen molar-refractivity contribution in [2.45, 2.75) is 96.1 Å². The van der Waals surface area contributed by atoms with Gasteiger partial charge in [0.15, 0.2) is 11.6 Å². The predicted octanol–water partition coefficient (Wildman–Crippen LogP) is 9.31. The number of nitrogens with one attached hydrogen (secondary N) is 1. The normalized spacial score (nSPS) is 22.3. The number of imide groups is 1. The van der Waals surface area contributed by atoms with E-state index in [-0.39, 0.29) is 36.9 Å². The number of nitrogens with zero attached hydrogens (tertiary/aromatic N) is 7. The number of fused-ring (bicyclic) bond motifs is 1. The third-order valence-corrected chi connectivity index (χ3v) is 17.6. The highest BCUT2D eigenvalue weighted by Gasteiger charge is 2.49. The fourth-order valence-electron chi connectivity index (χ4n) is 12.6. The Hall–Kier alpha value is -5.59. The Labute approximate surface area is 438 Å². The van der Waals surface area contributed by atoms with Gasteiger partial charge in [0, 0.05) is 68.0 Å². The molecule has 2 unspecified atom stereocenters. The molecule has 6 heterocycles. The molecule has 16 heteroatoms.